The molecule has 100 valence electrons. The van der Waals surface area contributed by atoms with Gasteiger partial charge in [-0.2, -0.15) is 13.2 Å². The molecule has 3 nitrogen and oxygen atoms in total. The number of hydrogen-bond donors (Lipinski definition) is 1. The molecule has 2 atom stereocenters. The minimum atomic E-state index is -4.13. The molecule has 0 aromatic heterocycles. The van der Waals surface area contributed by atoms with E-state index in [0.29, 0.717) is 6.67 Å². The Bertz CT molecular complexity index is 268. The van der Waals surface area contributed by atoms with Crippen LogP contribution in [0.2, 0.25) is 0 Å². The van der Waals surface area contributed by atoms with Gasteiger partial charge in [-0.05, 0) is 12.3 Å². The van der Waals surface area contributed by atoms with E-state index in [1.54, 1.807) is 0 Å². The molecule has 0 aliphatic carbocycles. The molecule has 2 unspecified atom stereocenters. The van der Waals surface area contributed by atoms with Crippen molar-refractivity contribution < 1.29 is 18.0 Å². The predicted molar refractivity (Wildman–Crippen MR) is 58.2 cm³/mol. The lowest BCUT2D eigenvalue weighted by Gasteiger charge is -2.18. The molecule has 0 aromatic rings. The number of nitrogens with one attached hydrogen (secondary N) is 1. The zero-order chi connectivity index (χ0) is 13.1. The van der Waals surface area contributed by atoms with Crippen LogP contribution < -0.4 is 5.32 Å². The summed E-state index contributed by atoms with van der Waals surface area (Å²) < 4.78 is 35.9. The monoisotopic (exact) mass is 252 g/mol. The fourth-order valence-corrected chi connectivity index (χ4v) is 1.91. The molecule has 0 spiro atoms. The molecule has 1 rings (SSSR count). The van der Waals surface area contributed by atoms with Gasteiger partial charge in [0.2, 0.25) is 5.91 Å². The van der Waals surface area contributed by atoms with E-state index in [4.69, 9.17) is 0 Å². The largest absolute Gasteiger partial charge is 0.389 e. The van der Waals surface area contributed by atoms with Crippen molar-refractivity contribution in [1.29, 1.82) is 0 Å². The van der Waals surface area contributed by atoms with Gasteiger partial charge in [-0.15, -0.1) is 0 Å². The second-order valence-electron chi connectivity index (χ2n) is 4.55. The Labute approximate surface area is 99.4 Å². The molecule has 0 radical (unpaired) electrons. The topological polar surface area (TPSA) is 32.3 Å². The zero-order valence-electron chi connectivity index (χ0n) is 10.2. The van der Waals surface area contributed by atoms with E-state index < -0.39 is 12.6 Å². The van der Waals surface area contributed by atoms with Crippen LogP contribution in [0, 0.1) is 5.92 Å². The van der Waals surface area contributed by atoms with Crippen LogP contribution in [0.25, 0.3) is 0 Å². The number of halogens is 3. The standard InChI is InChI=1S/C11H19F3N2O/c1-3-8(2)9-10(17)16(7-15-9)6-4-5-11(12,13)14/h8-9,15H,3-7H2,1-2H3. The lowest BCUT2D eigenvalue weighted by atomic mass is 9.99. The third-order valence-corrected chi connectivity index (χ3v) is 3.18. The molecule has 1 fully saturated rings. The lowest BCUT2D eigenvalue weighted by Crippen LogP contribution is -2.36. The Hall–Kier alpha value is -0.780. The number of nitrogens with zero attached hydrogens (tertiary/aromatic N) is 1. The van der Waals surface area contributed by atoms with Crippen molar-refractivity contribution in [2.24, 2.45) is 5.92 Å². The van der Waals surface area contributed by atoms with Crippen LogP contribution in [0.3, 0.4) is 0 Å². The minimum absolute atomic E-state index is 0.0237. The average molecular weight is 252 g/mol. The summed E-state index contributed by atoms with van der Waals surface area (Å²) in [5.74, 6) is 0.150. The molecular formula is C11H19F3N2O. The minimum Gasteiger partial charge on any atom is -0.329 e. The highest BCUT2D eigenvalue weighted by Gasteiger charge is 2.34. The molecule has 0 aromatic carbocycles. The second-order valence-corrected chi connectivity index (χ2v) is 4.55. The molecule has 1 aliphatic heterocycles. The molecule has 1 aliphatic rings. The van der Waals surface area contributed by atoms with Crippen molar-refractivity contribution >= 4 is 5.91 Å². The van der Waals surface area contributed by atoms with Gasteiger partial charge in [-0.3, -0.25) is 10.1 Å². The van der Waals surface area contributed by atoms with Gasteiger partial charge in [-0.25, -0.2) is 0 Å². The van der Waals surface area contributed by atoms with E-state index in [1.807, 2.05) is 13.8 Å². The molecule has 17 heavy (non-hydrogen) atoms. The van der Waals surface area contributed by atoms with Crippen molar-refractivity contribution in [3.63, 3.8) is 0 Å². The number of alkyl halides is 3. The van der Waals surface area contributed by atoms with Gasteiger partial charge in [0.25, 0.3) is 0 Å². The first-order chi connectivity index (χ1) is 7.85. The highest BCUT2D eigenvalue weighted by Crippen LogP contribution is 2.22. The van der Waals surface area contributed by atoms with Crippen LogP contribution in [0.1, 0.15) is 33.1 Å². The predicted octanol–water partition coefficient (Wildman–Crippen LogP) is 2.13. The summed E-state index contributed by atoms with van der Waals surface area (Å²) >= 11 is 0. The molecule has 1 saturated heterocycles. The number of rotatable bonds is 5. The van der Waals surface area contributed by atoms with Crippen LogP contribution in [0.15, 0.2) is 0 Å². The van der Waals surface area contributed by atoms with Crippen molar-refractivity contribution in [1.82, 2.24) is 10.2 Å². The summed E-state index contributed by atoms with van der Waals surface area (Å²) in [5, 5.41) is 3.05. The third kappa shape index (κ3) is 4.18. The first kappa shape index (κ1) is 14.3. The van der Waals surface area contributed by atoms with E-state index in [-0.39, 0.29) is 30.8 Å². The van der Waals surface area contributed by atoms with Gasteiger partial charge in [-0.1, -0.05) is 20.3 Å². The Morgan fingerprint density at radius 1 is 1.53 bits per heavy atom. The Morgan fingerprint density at radius 3 is 2.71 bits per heavy atom. The first-order valence-electron chi connectivity index (χ1n) is 5.94. The van der Waals surface area contributed by atoms with Crippen LogP contribution in [-0.4, -0.2) is 36.2 Å². The lowest BCUT2D eigenvalue weighted by molar-refractivity contribution is -0.139. The smallest absolute Gasteiger partial charge is 0.329 e. The zero-order valence-corrected chi connectivity index (χ0v) is 10.2. The van der Waals surface area contributed by atoms with Gasteiger partial charge in [0.05, 0.1) is 12.7 Å². The van der Waals surface area contributed by atoms with Gasteiger partial charge in [0, 0.05) is 13.0 Å². The van der Waals surface area contributed by atoms with Crippen LogP contribution in [0.5, 0.6) is 0 Å². The maximum Gasteiger partial charge on any atom is 0.389 e. The SMILES string of the molecule is CCC(C)C1NCN(CCCC(F)(F)F)C1=O. The summed E-state index contributed by atoms with van der Waals surface area (Å²) in [6.45, 7) is 4.50. The van der Waals surface area contributed by atoms with Gasteiger partial charge >= 0.3 is 6.18 Å². The number of carbonyl (C=O) groups excluding carboxylic acids is 1. The van der Waals surface area contributed by atoms with E-state index in [1.165, 1.54) is 4.90 Å². The Kier molecular flexibility index (Phi) is 4.80. The number of amides is 1. The van der Waals surface area contributed by atoms with Crippen LogP contribution in [0.4, 0.5) is 13.2 Å². The molecule has 1 amide bonds. The molecular weight excluding hydrogens is 233 g/mol. The number of hydrogen-bond acceptors (Lipinski definition) is 2. The molecule has 1 N–H and O–H groups in total. The van der Waals surface area contributed by atoms with Crippen LogP contribution in [-0.2, 0) is 4.79 Å². The fraction of sp³-hybridized carbons (Fsp3) is 0.909. The third-order valence-electron chi connectivity index (χ3n) is 3.18. The Balaban J connectivity index is 2.35. The van der Waals surface area contributed by atoms with E-state index in [2.05, 4.69) is 5.32 Å². The van der Waals surface area contributed by atoms with E-state index in [9.17, 15) is 18.0 Å². The van der Waals surface area contributed by atoms with Crippen LogP contribution >= 0.6 is 0 Å². The summed E-state index contributed by atoms with van der Waals surface area (Å²) in [4.78, 5) is 13.3. The van der Waals surface area contributed by atoms with Gasteiger partial charge in [0.15, 0.2) is 0 Å². The summed E-state index contributed by atoms with van der Waals surface area (Å²) in [6.07, 6.45) is -4.11. The molecule has 6 heteroatoms. The van der Waals surface area contributed by atoms with Gasteiger partial charge < -0.3 is 4.90 Å². The summed E-state index contributed by atoms with van der Waals surface area (Å²) in [7, 11) is 0. The first-order valence-corrected chi connectivity index (χ1v) is 5.94. The average Bonchev–Trinajstić information content (AvgIpc) is 2.58. The fourth-order valence-electron chi connectivity index (χ4n) is 1.91. The van der Waals surface area contributed by atoms with Crippen molar-refractivity contribution in [3.8, 4) is 0 Å². The second kappa shape index (κ2) is 5.71. The maximum atomic E-state index is 12.0. The van der Waals surface area contributed by atoms with Crippen molar-refractivity contribution in [2.45, 2.75) is 45.3 Å². The van der Waals surface area contributed by atoms with Crippen molar-refractivity contribution in [2.75, 3.05) is 13.2 Å². The van der Waals surface area contributed by atoms with Gasteiger partial charge in [0.1, 0.15) is 0 Å². The number of carbonyl (C=O) groups is 1. The normalized spacial score (nSPS) is 23.2. The molecule has 0 saturated carbocycles. The molecule has 1 heterocycles. The Morgan fingerprint density at radius 2 is 2.18 bits per heavy atom. The molecule has 0 bridgehead atoms. The van der Waals surface area contributed by atoms with E-state index in [0.717, 1.165) is 6.42 Å². The van der Waals surface area contributed by atoms with Crippen molar-refractivity contribution in [3.05, 3.63) is 0 Å². The van der Waals surface area contributed by atoms with E-state index >= 15 is 0 Å². The summed E-state index contributed by atoms with van der Waals surface area (Å²) in [6, 6.07) is -0.231. The highest BCUT2D eigenvalue weighted by atomic mass is 19.4. The quantitative estimate of drug-likeness (QED) is 0.813. The summed E-state index contributed by atoms with van der Waals surface area (Å²) in [5.41, 5.74) is 0. The highest BCUT2D eigenvalue weighted by molar-refractivity contribution is 5.84. The maximum absolute atomic E-state index is 12.0.